The first kappa shape index (κ1) is 50.2. The molecule has 2 heterocycles. The van der Waals surface area contributed by atoms with E-state index in [1.807, 2.05) is 112 Å². The molecule has 0 saturated heterocycles. The van der Waals surface area contributed by atoms with Gasteiger partial charge < -0.3 is 9.13 Å². The van der Waals surface area contributed by atoms with Crippen molar-refractivity contribution in [2.24, 2.45) is 4.99 Å². The standard InChI is InChI=1S/C54H59BF8N2O/c1-33(46-42(34-14-22-38(23-15-34)48(2,3)4)30-44(64-46)36-18-26-40(27-19-36)50(8,9)10)47-43(35-16-24-39(25-17-35)49(5,6)7)31-45(37-20-28-41(29-21-37)51(11,12)13)65(47)55(63)66-32-52(56,57)53(58,59)54(60,61)62/h14-31H,32H2,1-13H3/b46-33-. The molecular formula is C54H59BF8N2O. The fourth-order valence-corrected chi connectivity index (χ4v) is 7.87. The van der Waals surface area contributed by atoms with Crippen molar-refractivity contribution in [1.29, 1.82) is 0 Å². The van der Waals surface area contributed by atoms with Crippen LogP contribution in [0.2, 0.25) is 0 Å². The van der Waals surface area contributed by atoms with Crippen LogP contribution in [0, 0.1) is 0 Å². The summed E-state index contributed by atoms with van der Waals surface area (Å²) >= 11 is 0. The molecule has 1 aliphatic heterocycles. The molecule has 0 spiro atoms. The molecule has 6 rings (SSSR count). The van der Waals surface area contributed by atoms with Crippen LogP contribution in [0.25, 0.3) is 33.5 Å². The highest BCUT2D eigenvalue weighted by Crippen LogP contribution is 2.48. The van der Waals surface area contributed by atoms with Crippen molar-refractivity contribution in [2.45, 2.75) is 130 Å². The Balaban J connectivity index is 1.67. The molecule has 0 unspecified atom stereocenters. The Morgan fingerprint density at radius 2 is 0.924 bits per heavy atom. The predicted molar refractivity (Wildman–Crippen MR) is 254 cm³/mol. The van der Waals surface area contributed by atoms with Crippen LogP contribution < -0.4 is 0 Å². The third-order valence-electron chi connectivity index (χ3n) is 12.2. The molecule has 350 valence electrons. The maximum atomic E-state index is 17.3. The minimum absolute atomic E-state index is 0.0899. The molecule has 0 N–H and O–H groups in total. The van der Waals surface area contributed by atoms with Gasteiger partial charge >= 0.3 is 25.3 Å². The summed E-state index contributed by atoms with van der Waals surface area (Å²) in [5.41, 5.74) is 8.46. The summed E-state index contributed by atoms with van der Waals surface area (Å²) in [7, 11) is -2.99. The van der Waals surface area contributed by atoms with E-state index >= 15 is 4.32 Å². The SMILES string of the molecule is C/C(=C1/N=C(c2ccc(C(C)(C)C)cc2)C=C1c1ccc(C(C)(C)C)cc1)c1c(-c2ccc(C(C)(C)C)cc2)cc(-c2ccc(C(C)(C)C)cc2)n1B(F)OCC(F)(F)C(F)(F)C(F)(F)F. The topological polar surface area (TPSA) is 26.5 Å². The monoisotopic (exact) mass is 914 g/mol. The molecule has 0 fully saturated rings. The summed E-state index contributed by atoms with van der Waals surface area (Å²) in [5.74, 6) is -12.3. The first-order valence-electron chi connectivity index (χ1n) is 22.0. The van der Waals surface area contributed by atoms with E-state index < -0.39 is 32.0 Å². The van der Waals surface area contributed by atoms with Crippen LogP contribution in [0.15, 0.2) is 120 Å². The second-order valence-electron chi connectivity index (χ2n) is 21.4. The first-order chi connectivity index (χ1) is 30.2. The molecule has 1 aliphatic rings. The maximum absolute atomic E-state index is 17.3. The summed E-state index contributed by atoms with van der Waals surface area (Å²) in [4.78, 5) is 5.19. The van der Waals surface area contributed by atoms with Gasteiger partial charge in [-0.25, -0.2) is 4.99 Å². The summed E-state index contributed by atoms with van der Waals surface area (Å²) in [6.07, 6.45) is -4.70. The quantitative estimate of drug-likeness (QED) is 0.101. The van der Waals surface area contributed by atoms with Gasteiger partial charge in [0.15, 0.2) is 0 Å². The minimum Gasteiger partial charge on any atom is -0.382 e. The Bertz CT molecular complexity index is 2640. The molecule has 0 bridgehead atoms. The van der Waals surface area contributed by atoms with Gasteiger partial charge in [0.05, 0.1) is 11.4 Å². The number of hydrogen-bond acceptors (Lipinski definition) is 2. The van der Waals surface area contributed by atoms with Gasteiger partial charge in [-0.3, -0.25) is 4.32 Å². The van der Waals surface area contributed by atoms with Crippen molar-refractivity contribution < 1.29 is 39.7 Å². The highest BCUT2D eigenvalue weighted by molar-refractivity contribution is 6.43. The largest absolute Gasteiger partial charge is 0.638 e. The van der Waals surface area contributed by atoms with Gasteiger partial charge in [0.1, 0.15) is 6.61 Å². The van der Waals surface area contributed by atoms with E-state index in [0.29, 0.717) is 39.2 Å². The Morgan fingerprint density at radius 1 is 0.545 bits per heavy atom. The molecule has 0 saturated carbocycles. The normalized spacial score (nSPS) is 15.2. The van der Waals surface area contributed by atoms with Gasteiger partial charge in [-0.05, 0) is 85.2 Å². The van der Waals surface area contributed by atoms with Crippen molar-refractivity contribution in [3.05, 3.63) is 154 Å². The number of aliphatic imine (C=N–C) groups is 1. The van der Waals surface area contributed by atoms with E-state index in [1.165, 1.54) is 0 Å². The third-order valence-corrected chi connectivity index (χ3v) is 12.2. The second-order valence-corrected chi connectivity index (χ2v) is 21.4. The van der Waals surface area contributed by atoms with Gasteiger partial charge in [-0.2, -0.15) is 30.7 Å². The fraction of sp³-hybridized carbons (Fsp3) is 0.389. The number of halogens is 8. The van der Waals surface area contributed by atoms with Gasteiger partial charge in [0.25, 0.3) is 0 Å². The van der Waals surface area contributed by atoms with Gasteiger partial charge in [-0.15, -0.1) is 0 Å². The lowest BCUT2D eigenvalue weighted by molar-refractivity contribution is -0.358. The Labute approximate surface area is 384 Å². The van der Waals surface area contributed by atoms with Crippen LogP contribution in [0.5, 0.6) is 0 Å². The smallest absolute Gasteiger partial charge is 0.382 e. The molecular weight excluding hydrogens is 855 g/mol. The molecule has 1 aromatic heterocycles. The van der Waals surface area contributed by atoms with E-state index in [4.69, 9.17) is 9.65 Å². The number of aromatic nitrogens is 1. The average Bonchev–Trinajstić information content (AvgIpc) is 3.85. The average molecular weight is 915 g/mol. The highest BCUT2D eigenvalue weighted by atomic mass is 19.4. The van der Waals surface area contributed by atoms with Crippen LogP contribution in [-0.2, 0) is 26.3 Å². The Kier molecular flexibility index (Phi) is 13.3. The van der Waals surface area contributed by atoms with Crippen molar-refractivity contribution in [2.75, 3.05) is 6.61 Å². The second kappa shape index (κ2) is 17.5. The number of hydrogen-bond donors (Lipinski definition) is 0. The summed E-state index contributed by atoms with van der Waals surface area (Å²) in [5, 5.41) is 0. The molecule has 66 heavy (non-hydrogen) atoms. The van der Waals surface area contributed by atoms with Crippen molar-refractivity contribution >= 4 is 24.2 Å². The number of nitrogens with zero attached hydrogens (tertiary/aromatic N) is 2. The first-order valence-corrected chi connectivity index (χ1v) is 22.0. The van der Waals surface area contributed by atoms with Crippen molar-refractivity contribution in [1.82, 2.24) is 4.48 Å². The Morgan fingerprint density at radius 3 is 1.32 bits per heavy atom. The Hall–Kier alpha value is -5.23. The zero-order valence-electron chi connectivity index (χ0n) is 40.0. The van der Waals surface area contributed by atoms with E-state index in [0.717, 1.165) is 37.9 Å². The van der Waals surface area contributed by atoms with E-state index in [-0.39, 0.29) is 33.0 Å². The van der Waals surface area contributed by atoms with Crippen LogP contribution >= 0.6 is 0 Å². The molecule has 5 aromatic rings. The zero-order chi connectivity index (χ0) is 49.2. The highest BCUT2D eigenvalue weighted by Gasteiger charge is 2.73. The van der Waals surface area contributed by atoms with E-state index in [9.17, 15) is 30.7 Å². The molecule has 0 amide bonds. The summed E-state index contributed by atoms with van der Waals surface area (Å²) in [6.45, 7) is 23.9. The predicted octanol–water partition coefficient (Wildman–Crippen LogP) is 16.0. The third kappa shape index (κ3) is 10.2. The molecule has 0 radical (unpaired) electrons. The molecule has 12 heteroatoms. The molecule has 4 aromatic carbocycles. The van der Waals surface area contributed by atoms with Gasteiger partial charge in [0.2, 0.25) is 0 Å². The molecule has 3 nitrogen and oxygen atoms in total. The number of benzene rings is 4. The lowest BCUT2D eigenvalue weighted by Crippen LogP contribution is -2.55. The van der Waals surface area contributed by atoms with E-state index in [1.54, 1.807) is 25.1 Å². The van der Waals surface area contributed by atoms with Crippen LogP contribution in [0.4, 0.5) is 35.0 Å². The van der Waals surface area contributed by atoms with Gasteiger partial charge in [0, 0.05) is 28.1 Å². The lowest BCUT2D eigenvalue weighted by Gasteiger charge is -2.28. The van der Waals surface area contributed by atoms with Crippen LogP contribution in [-0.4, -0.2) is 42.1 Å². The summed E-state index contributed by atoms with van der Waals surface area (Å²) < 4.78 is 121. The minimum atomic E-state index is -6.63. The van der Waals surface area contributed by atoms with Crippen molar-refractivity contribution in [3.63, 3.8) is 0 Å². The fourth-order valence-electron chi connectivity index (χ4n) is 7.87. The number of rotatable bonds is 10. The van der Waals surface area contributed by atoms with E-state index in [2.05, 4.69) is 62.3 Å². The molecule has 0 aliphatic carbocycles. The van der Waals surface area contributed by atoms with Crippen LogP contribution in [0.1, 0.15) is 129 Å². The molecule has 0 atom stereocenters. The van der Waals surface area contributed by atoms with Crippen LogP contribution in [0.3, 0.4) is 0 Å². The van der Waals surface area contributed by atoms with Crippen molar-refractivity contribution in [3.8, 4) is 22.4 Å². The lowest BCUT2D eigenvalue weighted by atomic mass is 9.85. The number of allylic oxidation sites excluding steroid dienone is 3. The maximum Gasteiger partial charge on any atom is 0.638 e. The summed E-state index contributed by atoms with van der Waals surface area (Å²) in [6, 6.07) is 32.3. The van der Waals surface area contributed by atoms with Gasteiger partial charge in [-0.1, -0.05) is 180 Å². The zero-order valence-corrected chi connectivity index (χ0v) is 40.0. The number of alkyl halides is 7.